The third kappa shape index (κ3) is 9.00. The molecule has 0 unspecified atom stereocenters. The Morgan fingerprint density at radius 3 is 1.35 bits per heavy atom. The topological polar surface area (TPSA) is 71.1 Å². The van der Waals surface area contributed by atoms with Crippen molar-refractivity contribution in [3.8, 4) is 11.5 Å². The lowest BCUT2D eigenvalue weighted by Crippen LogP contribution is -2.12. The zero-order valence-electron chi connectivity index (χ0n) is 17.7. The number of carbonyl (C=O) groups excluding carboxylic acids is 2. The van der Waals surface area contributed by atoms with Crippen molar-refractivity contribution in [3.05, 3.63) is 72.8 Å². The van der Waals surface area contributed by atoms with Crippen molar-refractivity contribution in [2.24, 2.45) is 0 Å². The van der Waals surface area contributed by atoms with Crippen molar-refractivity contribution < 1.29 is 28.5 Å². The quantitative estimate of drug-likeness (QED) is 0.265. The van der Waals surface area contributed by atoms with Gasteiger partial charge in [-0.2, -0.15) is 0 Å². The zero-order valence-corrected chi connectivity index (χ0v) is 18.5. The molecule has 6 nitrogen and oxygen atoms in total. The second-order valence-corrected chi connectivity index (χ2v) is 7.72. The molecular formula is C24H26O6S. The van der Waals surface area contributed by atoms with Gasteiger partial charge in [0.25, 0.3) is 0 Å². The van der Waals surface area contributed by atoms with Gasteiger partial charge in [0.1, 0.15) is 37.9 Å². The van der Waals surface area contributed by atoms with Crippen LogP contribution in [0.3, 0.4) is 0 Å². The number of hydrogen-bond acceptors (Lipinski definition) is 7. The van der Waals surface area contributed by atoms with E-state index in [2.05, 4.69) is 13.2 Å². The van der Waals surface area contributed by atoms with Crippen molar-refractivity contribution in [1.82, 2.24) is 0 Å². The van der Waals surface area contributed by atoms with Gasteiger partial charge in [-0.3, -0.25) is 0 Å². The molecule has 0 spiro atoms. The van der Waals surface area contributed by atoms with Crippen LogP contribution in [-0.2, 0) is 19.1 Å². The molecule has 31 heavy (non-hydrogen) atoms. The number of esters is 2. The lowest BCUT2D eigenvalue weighted by molar-refractivity contribution is -0.140. The molecule has 164 valence electrons. The molecular weight excluding hydrogens is 416 g/mol. The van der Waals surface area contributed by atoms with Gasteiger partial charge in [-0.05, 0) is 62.4 Å². The molecule has 7 heteroatoms. The van der Waals surface area contributed by atoms with E-state index >= 15 is 0 Å². The molecule has 0 aromatic heterocycles. The Labute approximate surface area is 186 Å². The van der Waals surface area contributed by atoms with E-state index in [0.29, 0.717) is 22.6 Å². The molecule has 0 saturated heterocycles. The van der Waals surface area contributed by atoms with E-state index in [1.807, 2.05) is 48.5 Å². The summed E-state index contributed by atoms with van der Waals surface area (Å²) >= 11 is 1.61. The van der Waals surface area contributed by atoms with Gasteiger partial charge in [0, 0.05) is 20.9 Å². The molecule has 0 saturated carbocycles. The summed E-state index contributed by atoms with van der Waals surface area (Å²) in [5, 5.41) is 0. The maximum atomic E-state index is 11.3. The first-order valence-electron chi connectivity index (χ1n) is 9.64. The minimum atomic E-state index is -0.419. The third-order valence-corrected chi connectivity index (χ3v) is 4.77. The Kier molecular flexibility index (Phi) is 9.71. The maximum absolute atomic E-state index is 11.3. The molecule has 0 atom stereocenters. The zero-order chi connectivity index (χ0) is 22.6. The Morgan fingerprint density at radius 1 is 0.677 bits per heavy atom. The first-order chi connectivity index (χ1) is 14.8. The Bertz CT molecular complexity index is 827. The van der Waals surface area contributed by atoms with Crippen LogP contribution in [0.1, 0.15) is 13.8 Å². The predicted octanol–water partition coefficient (Wildman–Crippen LogP) is 4.83. The normalized spacial score (nSPS) is 10.1. The fourth-order valence-electron chi connectivity index (χ4n) is 2.18. The number of rotatable bonds is 12. The molecule has 2 rings (SSSR count). The summed E-state index contributed by atoms with van der Waals surface area (Å²) in [6.45, 7) is 11.2. The predicted molar refractivity (Wildman–Crippen MR) is 120 cm³/mol. The number of hydrogen-bond donors (Lipinski definition) is 0. The monoisotopic (exact) mass is 442 g/mol. The Hall–Kier alpha value is -3.19. The second kappa shape index (κ2) is 12.5. The van der Waals surface area contributed by atoms with Gasteiger partial charge in [-0.1, -0.05) is 24.9 Å². The van der Waals surface area contributed by atoms with Crippen molar-refractivity contribution in [2.45, 2.75) is 23.6 Å². The highest BCUT2D eigenvalue weighted by atomic mass is 32.2. The average molecular weight is 443 g/mol. The van der Waals surface area contributed by atoms with Crippen LogP contribution in [0.5, 0.6) is 11.5 Å². The first-order valence-corrected chi connectivity index (χ1v) is 10.5. The van der Waals surface area contributed by atoms with E-state index in [1.165, 1.54) is 0 Å². The number of ether oxygens (including phenoxy) is 4. The van der Waals surface area contributed by atoms with Gasteiger partial charge in [-0.25, -0.2) is 9.59 Å². The molecule has 0 amide bonds. The van der Waals surface area contributed by atoms with E-state index in [4.69, 9.17) is 18.9 Å². The van der Waals surface area contributed by atoms with Crippen LogP contribution >= 0.6 is 11.8 Å². The minimum Gasteiger partial charge on any atom is -0.490 e. The maximum Gasteiger partial charge on any atom is 0.333 e. The molecule has 2 aromatic rings. The summed E-state index contributed by atoms with van der Waals surface area (Å²) < 4.78 is 21.1. The van der Waals surface area contributed by atoms with Gasteiger partial charge < -0.3 is 18.9 Å². The number of benzene rings is 2. The highest BCUT2D eigenvalue weighted by Crippen LogP contribution is 2.30. The van der Waals surface area contributed by atoms with Crippen molar-refractivity contribution in [2.75, 3.05) is 26.4 Å². The molecule has 2 aromatic carbocycles. The molecule has 0 radical (unpaired) electrons. The lowest BCUT2D eigenvalue weighted by Gasteiger charge is -2.09. The summed E-state index contributed by atoms with van der Waals surface area (Å²) in [5.74, 6) is 0.564. The number of carbonyl (C=O) groups is 2. The van der Waals surface area contributed by atoms with Crippen LogP contribution in [0.4, 0.5) is 0 Å². The van der Waals surface area contributed by atoms with E-state index in [-0.39, 0.29) is 26.4 Å². The van der Waals surface area contributed by atoms with Crippen LogP contribution in [0.2, 0.25) is 0 Å². The fourth-order valence-corrected chi connectivity index (χ4v) is 2.99. The van der Waals surface area contributed by atoms with Gasteiger partial charge in [-0.15, -0.1) is 0 Å². The van der Waals surface area contributed by atoms with E-state index in [0.717, 1.165) is 9.79 Å². The minimum absolute atomic E-state index is 0.174. The fraction of sp³-hybridized carbons (Fsp3) is 0.250. The van der Waals surface area contributed by atoms with Gasteiger partial charge in [0.15, 0.2) is 0 Å². The molecule has 0 aliphatic carbocycles. The molecule has 0 fully saturated rings. The van der Waals surface area contributed by atoms with Crippen molar-refractivity contribution in [1.29, 1.82) is 0 Å². The van der Waals surface area contributed by atoms with Crippen LogP contribution in [0.15, 0.2) is 82.6 Å². The van der Waals surface area contributed by atoms with Crippen molar-refractivity contribution in [3.63, 3.8) is 0 Å². The van der Waals surface area contributed by atoms with Crippen LogP contribution in [-0.4, -0.2) is 38.4 Å². The molecule has 0 aliphatic rings. The SMILES string of the molecule is C=C(C)C(=O)OCCOc1ccc(Sc2ccc(OCCOC(=O)C(=C)C)cc2)cc1. The summed E-state index contributed by atoms with van der Waals surface area (Å²) in [4.78, 5) is 24.7. The van der Waals surface area contributed by atoms with Crippen LogP contribution < -0.4 is 9.47 Å². The van der Waals surface area contributed by atoms with Gasteiger partial charge >= 0.3 is 11.9 Å². The summed E-state index contributed by atoms with van der Waals surface area (Å²) in [6, 6.07) is 15.3. The Morgan fingerprint density at radius 2 is 1.03 bits per heavy atom. The lowest BCUT2D eigenvalue weighted by atomic mass is 10.3. The van der Waals surface area contributed by atoms with Crippen LogP contribution in [0.25, 0.3) is 0 Å². The first kappa shape index (κ1) is 24.1. The molecule has 0 N–H and O–H groups in total. The summed E-state index contributed by atoms with van der Waals surface area (Å²) in [5.41, 5.74) is 0.732. The standard InChI is InChI=1S/C24H26O6S/c1-17(2)23(25)29-15-13-27-19-5-9-21(10-6-19)31-22-11-7-20(8-12-22)28-14-16-30-24(26)18(3)4/h5-12H,1,3,13-16H2,2,4H3. The highest BCUT2D eigenvalue weighted by Gasteiger charge is 2.05. The second-order valence-electron chi connectivity index (χ2n) is 6.57. The van der Waals surface area contributed by atoms with Gasteiger partial charge in [0.2, 0.25) is 0 Å². The average Bonchev–Trinajstić information content (AvgIpc) is 2.76. The Balaban J connectivity index is 1.72. The molecule has 0 heterocycles. The van der Waals surface area contributed by atoms with E-state index in [1.54, 1.807) is 25.6 Å². The van der Waals surface area contributed by atoms with Crippen molar-refractivity contribution >= 4 is 23.7 Å². The highest BCUT2D eigenvalue weighted by molar-refractivity contribution is 7.99. The third-order valence-electron chi connectivity index (χ3n) is 3.75. The van der Waals surface area contributed by atoms with E-state index in [9.17, 15) is 9.59 Å². The smallest absolute Gasteiger partial charge is 0.333 e. The van der Waals surface area contributed by atoms with E-state index < -0.39 is 11.9 Å². The summed E-state index contributed by atoms with van der Waals surface area (Å²) in [7, 11) is 0. The largest absolute Gasteiger partial charge is 0.490 e. The molecule has 0 aliphatic heterocycles. The summed E-state index contributed by atoms with van der Waals surface area (Å²) in [6.07, 6.45) is 0. The van der Waals surface area contributed by atoms with Crippen LogP contribution in [0, 0.1) is 0 Å². The van der Waals surface area contributed by atoms with Gasteiger partial charge in [0.05, 0.1) is 0 Å². The molecule has 0 bridgehead atoms.